The van der Waals surface area contributed by atoms with E-state index in [0.717, 1.165) is 40.7 Å². The minimum Gasteiger partial charge on any atom is -0.454 e. The van der Waals surface area contributed by atoms with E-state index < -0.39 is 0 Å². The van der Waals surface area contributed by atoms with Crippen LogP contribution in [-0.2, 0) is 11.3 Å². The van der Waals surface area contributed by atoms with Gasteiger partial charge in [-0.05, 0) is 43.3 Å². The summed E-state index contributed by atoms with van der Waals surface area (Å²) in [6.45, 7) is 5.55. The highest BCUT2D eigenvalue weighted by Crippen LogP contribution is 2.30. The molecule has 6 heteroatoms. The lowest BCUT2D eigenvalue weighted by Crippen LogP contribution is -2.14. The molecule has 0 radical (unpaired) electrons. The fourth-order valence-electron chi connectivity index (χ4n) is 4.74. The van der Waals surface area contributed by atoms with E-state index in [1.165, 1.54) is 71.1 Å². The highest BCUT2D eigenvalue weighted by molar-refractivity contribution is 5.90. The molecule has 1 aromatic carbocycles. The van der Waals surface area contributed by atoms with E-state index in [9.17, 15) is 4.79 Å². The van der Waals surface area contributed by atoms with Gasteiger partial charge in [0, 0.05) is 29.8 Å². The Morgan fingerprint density at radius 3 is 2.32 bits per heavy atom. The molecule has 0 atom stereocenters. The summed E-state index contributed by atoms with van der Waals surface area (Å²) < 4.78 is 6.29. The topological polar surface area (TPSA) is 80.0 Å². The van der Waals surface area contributed by atoms with Crippen LogP contribution in [0.1, 0.15) is 83.6 Å². The molecule has 4 aromatic rings. The molecule has 2 N–H and O–H groups in total. The number of hydrogen-bond donors (Lipinski definition) is 2. The number of rotatable bonds is 15. The van der Waals surface area contributed by atoms with Crippen LogP contribution in [0.15, 0.2) is 52.9 Å². The normalized spacial score (nSPS) is 11.4. The molecule has 0 aliphatic rings. The third kappa shape index (κ3) is 7.86. The molecule has 0 saturated heterocycles. The Bertz CT molecular complexity index is 1300. The van der Waals surface area contributed by atoms with Crippen LogP contribution in [0.4, 0.5) is 5.82 Å². The van der Waals surface area contributed by atoms with Gasteiger partial charge >= 0.3 is 0 Å². The maximum Gasteiger partial charge on any atom is 0.222 e. The van der Waals surface area contributed by atoms with Crippen molar-refractivity contribution in [3.05, 3.63) is 54.1 Å². The number of furan rings is 1. The number of amides is 1. The smallest absolute Gasteiger partial charge is 0.222 e. The standard InChI is InChI=1S/C31H40N4O2/c1-3-4-5-6-7-8-9-10-11-12-20-32-22-26-15-13-14-25-21-28(37-30(25)26)27-18-16-24-17-19-29(33-23(2)36)35-31(24)34-27/h13-19,21,32H,3-12,20,22H2,1-2H3,(H,33,34,35,36). The Labute approximate surface area is 220 Å². The van der Waals surface area contributed by atoms with Crippen LogP contribution in [0, 0.1) is 0 Å². The number of fused-ring (bicyclic) bond motifs is 2. The molecule has 0 aliphatic heterocycles. The lowest BCUT2D eigenvalue weighted by molar-refractivity contribution is -0.114. The molecule has 0 spiro atoms. The van der Waals surface area contributed by atoms with Crippen molar-refractivity contribution in [1.29, 1.82) is 0 Å². The van der Waals surface area contributed by atoms with Gasteiger partial charge in [-0.3, -0.25) is 4.79 Å². The van der Waals surface area contributed by atoms with Gasteiger partial charge in [-0.25, -0.2) is 9.97 Å². The second-order valence-corrected chi connectivity index (χ2v) is 9.93. The van der Waals surface area contributed by atoms with Crippen molar-refractivity contribution in [2.75, 3.05) is 11.9 Å². The molecule has 0 bridgehead atoms. The Hall–Kier alpha value is -3.25. The lowest BCUT2D eigenvalue weighted by atomic mass is 10.1. The van der Waals surface area contributed by atoms with Gasteiger partial charge in [0.05, 0.1) is 0 Å². The zero-order chi connectivity index (χ0) is 25.9. The van der Waals surface area contributed by atoms with Crippen molar-refractivity contribution in [3.8, 4) is 11.5 Å². The highest BCUT2D eigenvalue weighted by Gasteiger charge is 2.12. The molecule has 3 heterocycles. The Morgan fingerprint density at radius 2 is 1.57 bits per heavy atom. The van der Waals surface area contributed by atoms with E-state index >= 15 is 0 Å². The lowest BCUT2D eigenvalue weighted by Gasteiger charge is -2.06. The van der Waals surface area contributed by atoms with E-state index in [0.29, 0.717) is 17.2 Å². The molecule has 1 amide bonds. The first-order chi connectivity index (χ1) is 18.1. The molecule has 0 saturated carbocycles. The first kappa shape index (κ1) is 26.8. The molecule has 37 heavy (non-hydrogen) atoms. The number of aromatic nitrogens is 2. The molecule has 0 aliphatic carbocycles. The van der Waals surface area contributed by atoms with E-state index in [1.54, 1.807) is 6.07 Å². The average Bonchev–Trinajstić information content (AvgIpc) is 3.34. The summed E-state index contributed by atoms with van der Waals surface area (Å²) in [6, 6.07) is 15.9. The summed E-state index contributed by atoms with van der Waals surface area (Å²) in [6.07, 6.45) is 13.5. The number of carbonyl (C=O) groups excluding carboxylic acids is 1. The van der Waals surface area contributed by atoms with Crippen molar-refractivity contribution in [1.82, 2.24) is 15.3 Å². The van der Waals surface area contributed by atoms with Gasteiger partial charge in [0.15, 0.2) is 11.4 Å². The van der Waals surface area contributed by atoms with Crippen molar-refractivity contribution < 1.29 is 9.21 Å². The quantitative estimate of drug-likeness (QED) is 0.162. The second kappa shape index (κ2) is 13.9. The number of para-hydroxylation sites is 1. The van der Waals surface area contributed by atoms with Gasteiger partial charge in [-0.15, -0.1) is 0 Å². The fourth-order valence-corrected chi connectivity index (χ4v) is 4.74. The summed E-state index contributed by atoms with van der Waals surface area (Å²) in [4.78, 5) is 20.6. The summed E-state index contributed by atoms with van der Waals surface area (Å²) in [7, 11) is 0. The molecule has 4 rings (SSSR count). The third-order valence-electron chi connectivity index (χ3n) is 6.76. The molecule has 3 aromatic heterocycles. The largest absolute Gasteiger partial charge is 0.454 e. The highest BCUT2D eigenvalue weighted by atomic mass is 16.3. The Morgan fingerprint density at radius 1 is 0.838 bits per heavy atom. The molecule has 0 unspecified atom stereocenters. The zero-order valence-corrected chi connectivity index (χ0v) is 22.3. The van der Waals surface area contributed by atoms with Crippen molar-refractivity contribution in [2.45, 2.75) is 84.6 Å². The minimum atomic E-state index is -0.158. The number of carbonyl (C=O) groups is 1. The molecule has 0 fully saturated rings. The first-order valence-electron chi connectivity index (χ1n) is 13.9. The van der Waals surface area contributed by atoms with E-state index in [4.69, 9.17) is 9.40 Å². The number of nitrogens with zero attached hydrogens (tertiary/aromatic N) is 2. The van der Waals surface area contributed by atoms with E-state index in [1.807, 2.05) is 24.3 Å². The van der Waals surface area contributed by atoms with E-state index in [2.05, 4.69) is 40.7 Å². The second-order valence-electron chi connectivity index (χ2n) is 9.93. The number of anilines is 1. The predicted octanol–water partition coefficient (Wildman–Crippen LogP) is 8.01. The number of unbranched alkanes of at least 4 members (excludes halogenated alkanes) is 9. The average molecular weight is 501 g/mol. The van der Waals surface area contributed by atoms with Crippen LogP contribution in [-0.4, -0.2) is 22.4 Å². The third-order valence-corrected chi connectivity index (χ3v) is 6.76. The first-order valence-corrected chi connectivity index (χ1v) is 13.9. The van der Waals surface area contributed by atoms with Gasteiger partial charge in [-0.2, -0.15) is 0 Å². The van der Waals surface area contributed by atoms with Crippen LogP contribution in [0.25, 0.3) is 33.5 Å². The molecule has 196 valence electrons. The number of pyridine rings is 2. The number of nitrogens with one attached hydrogen (secondary N) is 2. The van der Waals surface area contributed by atoms with Crippen molar-refractivity contribution in [3.63, 3.8) is 0 Å². The summed E-state index contributed by atoms with van der Waals surface area (Å²) in [5.74, 6) is 1.05. The van der Waals surface area contributed by atoms with Crippen LogP contribution in [0.2, 0.25) is 0 Å². The van der Waals surface area contributed by atoms with Crippen LogP contribution in [0.5, 0.6) is 0 Å². The maximum atomic E-state index is 11.4. The van der Waals surface area contributed by atoms with Gasteiger partial charge < -0.3 is 15.1 Å². The van der Waals surface area contributed by atoms with Gasteiger partial charge in [0.25, 0.3) is 0 Å². The molecular weight excluding hydrogens is 460 g/mol. The zero-order valence-electron chi connectivity index (χ0n) is 22.3. The monoisotopic (exact) mass is 500 g/mol. The summed E-state index contributed by atoms with van der Waals surface area (Å²) >= 11 is 0. The predicted molar refractivity (Wildman–Crippen MR) is 153 cm³/mol. The van der Waals surface area contributed by atoms with Crippen molar-refractivity contribution in [2.24, 2.45) is 0 Å². The van der Waals surface area contributed by atoms with Gasteiger partial charge in [-0.1, -0.05) is 82.9 Å². The summed E-state index contributed by atoms with van der Waals surface area (Å²) in [5.41, 5.74) is 3.35. The van der Waals surface area contributed by atoms with Crippen LogP contribution in [0.3, 0.4) is 0 Å². The molecule has 6 nitrogen and oxygen atoms in total. The Balaban J connectivity index is 1.30. The maximum absolute atomic E-state index is 11.4. The van der Waals surface area contributed by atoms with Gasteiger partial charge in [0.1, 0.15) is 17.1 Å². The van der Waals surface area contributed by atoms with Crippen LogP contribution >= 0.6 is 0 Å². The molecular formula is C31H40N4O2. The van der Waals surface area contributed by atoms with Crippen LogP contribution < -0.4 is 10.6 Å². The summed E-state index contributed by atoms with van der Waals surface area (Å²) in [5, 5.41) is 8.28. The van der Waals surface area contributed by atoms with Gasteiger partial charge in [0.2, 0.25) is 5.91 Å². The fraction of sp³-hybridized carbons (Fsp3) is 0.452. The van der Waals surface area contributed by atoms with Crippen molar-refractivity contribution >= 4 is 33.7 Å². The number of hydrogen-bond acceptors (Lipinski definition) is 5. The minimum absolute atomic E-state index is 0.158. The number of benzene rings is 1. The Kier molecular flexibility index (Phi) is 10.1. The SMILES string of the molecule is CCCCCCCCCCCCNCc1cccc2cc(-c3ccc4ccc(NC(C)=O)nc4n3)oc12. The van der Waals surface area contributed by atoms with E-state index in [-0.39, 0.29) is 5.91 Å².